The fourth-order valence-electron chi connectivity index (χ4n) is 2.74. The van der Waals surface area contributed by atoms with E-state index in [9.17, 15) is 9.90 Å². The Bertz CT molecular complexity index is 640. The minimum Gasteiger partial charge on any atom is -0.480 e. The van der Waals surface area contributed by atoms with Gasteiger partial charge < -0.3 is 5.11 Å². The van der Waals surface area contributed by atoms with Crippen molar-refractivity contribution < 1.29 is 9.90 Å². The molecule has 3 nitrogen and oxygen atoms in total. The van der Waals surface area contributed by atoms with Gasteiger partial charge in [0, 0.05) is 13.1 Å². The summed E-state index contributed by atoms with van der Waals surface area (Å²) in [7, 11) is 0. The molecule has 3 rings (SSSR count). The topological polar surface area (TPSA) is 40.5 Å². The maximum atomic E-state index is 11.7. The van der Waals surface area contributed by atoms with E-state index in [1.54, 1.807) is 11.3 Å². The van der Waals surface area contributed by atoms with Crippen LogP contribution in [-0.2, 0) is 17.8 Å². The normalized spacial score (nSPS) is 18.8. The number of thiophene rings is 1. The SMILES string of the molecule is O=C(O)C1c2ccccc2CCN1Cc1csc(Br)c1. The zero-order chi connectivity index (χ0) is 14.1. The molecule has 2 aromatic rings. The van der Waals surface area contributed by atoms with Gasteiger partial charge in [0.25, 0.3) is 0 Å². The monoisotopic (exact) mass is 351 g/mol. The highest BCUT2D eigenvalue weighted by atomic mass is 79.9. The first-order chi connectivity index (χ1) is 9.65. The lowest BCUT2D eigenvalue weighted by Crippen LogP contribution is -2.39. The number of halogens is 1. The molecule has 1 aliphatic heterocycles. The van der Waals surface area contributed by atoms with Crippen LogP contribution < -0.4 is 0 Å². The van der Waals surface area contributed by atoms with E-state index in [0.29, 0.717) is 6.54 Å². The molecule has 2 heterocycles. The smallest absolute Gasteiger partial charge is 0.325 e. The number of aliphatic carboxylic acids is 1. The fourth-order valence-corrected chi connectivity index (χ4v) is 3.94. The summed E-state index contributed by atoms with van der Waals surface area (Å²) in [6.07, 6.45) is 0.908. The first-order valence-electron chi connectivity index (χ1n) is 6.43. The summed E-state index contributed by atoms with van der Waals surface area (Å²) in [5, 5.41) is 11.7. The number of rotatable bonds is 3. The molecule has 0 bridgehead atoms. The van der Waals surface area contributed by atoms with Gasteiger partial charge in [-0.15, -0.1) is 11.3 Å². The first kappa shape index (κ1) is 13.8. The molecule has 0 fully saturated rings. The molecule has 0 amide bonds. The third-order valence-electron chi connectivity index (χ3n) is 3.62. The molecule has 0 spiro atoms. The van der Waals surface area contributed by atoms with Gasteiger partial charge in [-0.3, -0.25) is 9.69 Å². The molecule has 1 N–H and O–H groups in total. The number of carboxylic acids is 1. The lowest BCUT2D eigenvalue weighted by atomic mass is 9.92. The van der Waals surface area contributed by atoms with Gasteiger partial charge >= 0.3 is 5.97 Å². The maximum Gasteiger partial charge on any atom is 0.325 e. The molecule has 5 heteroatoms. The van der Waals surface area contributed by atoms with Crippen LogP contribution in [0.1, 0.15) is 22.7 Å². The van der Waals surface area contributed by atoms with Gasteiger partial charge in [-0.25, -0.2) is 0 Å². The summed E-state index contributed by atoms with van der Waals surface area (Å²) in [6, 6.07) is 9.37. The predicted molar refractivity (Wildman–Crippen MR) is 83.0 cm³/mol. The van der Waals surface area contributed by atoms with E-state index in [1.807, 2.05) is 29.2 Å². The Labute approximate surface area is 130 Å². The summed E-state index contributed by atoms with van der Waals surface area (Å²) in [5.41, 5.74) is 3.25. The molecule has 0 saturated carbocycles. The van der Waals surface area contributed by atoms with E-state index in [4.69, 9.17) is 0 Å². The van der Waals surface area contributed by atoms with Gasteiger partial charge in [0.15, 0.2) is 0 Å². The Hall–Kier alpha value is -1.17. The van der Waals surface area contributed by atoms with Crippen molar-refractivity contribution in [3.63, 3.8) is 0 Å². The Balaban J connectivity index is 1.90. The molecule has 1 unspecified atom stereocenters. The molecule has 0 radical (unpaired) electrons. The predicted octanol–water partition coefficient (Wildman–Crippen LogP) is 3.69. The molecule has 1 aromatic heterocycles. The Morgan fingerprint density at radius 3 is 2.95 bits per heavy atom. The van der Waals surface area contributed by atoms with Gasteiger partial charge in [0.1, 0.15) is 6.04 Å². The van der Waals surface area contributed by atoms with Gasteiger partial charge in [0.2, 0.25) is 0 Å². The number of carbonyl (C=O) groups is 1. The van der Waals surface area contributed by atoms with Crippen molar-refractivity contribution >= 4 is 33.2 Å². The molecule has 1 atom stereocenters. The van der Waals surface area contributed by atoms with Crippen LogP contribution in [0.2, 0.25) is 0 Å². The Morgan fingerprint density at radius 1 is 1.45 bits per heavy atom. The van der Waals surface area contributed by atoms with Gasteiger partial charge in [0.05, 0.1) is 3.79 Å². The van der Waals surface area contributed by atoms with Gasteiger partial charge in [-0.2, -0.15) is 0 Å². The van der Waals surface area contributed by atoms with E-state index in [1.165, 1.54) is 0 Å². The van der Waals surface area contributed by atoms with Crippen molar-refractivity contribution in [3.8, 4) is 0 Å². The van der Waals surface area contributed by atoms with Crippen molar-refractivity contribution in [1.82, 2.24) is 4.90 Å². The number of hydrogen-bond acceptors (Lipinski definition) is 3. The Kier molecular flexibility index (Phi) is 3.92. The van der Waals surface area contributed by atoms with Crippen LogP contribution in [-0.4, -0.2) is 22.5 Å². The second-order valence-corrected chi connectivity index (χ2v) is 7.21. The van der Waals surface area contributed by atoms with Crippen molar-refractivity contribution in [3.05, 3.63) is 56.2 Å². The van der Waals surface area contributed by atoms with Crippen LogP contribution >= 0.6 is 27.3 Å². The van der Waals surface area contributed by atoms with E-state index < -0.39 is 12.0 Å². The molecular weight excluding hydrogens is 338 g/mol. The molecule has 104 valence electrons. The molecule has 1 aliphatic rings. The highest BCUT2D eigenvalue weighted by Gasteiger charge is 2.32. The first-order valence-corrected chi connectivity index (χ1v) is 8.10. The molecule has 20 heavy (non-hydrogen) atoms. The number of nitrogens with zero attached hydrogens (tertiary/aromatic N) is 1. The minimum absolute atomic E-state index is 0.543. The third kappa shape index (κ3) is 2.66. The van der Waals surface area contributed by atoms with E-state index in [0.717, 1.165) is 33.4 Å². The van der Waals surface area contributed by atoms with Crippen LogP contribution in [0.5, 0.6) is 0 Å². The quantitative estimate of drug-likeness (QED) is 0.916. The fraction of sp³-hybridized carbons (Fsp3) is 0.267. The van der Waals surface area contributed by atoms with Crippen molar-refractivity contribution in [1.29, 1.82) is 0 Å². The number of benzene rings is 1. The minimum atomic E-state index is -0.772. The van der Waals surface area contributed by atoms with Crippen LogP contribution in [0, 0.1) is 0 Å². The lowest BCUT2D eigenvalue weighted by Gasteiger charge is -2.34. The van der Waals surface area contributed by atoms with Crippen LogP contribution in [0.4, 0.5) is 0 Å². The van der Waals surface area contributed by atoms with Crippen molar-refractivity contribution in [2.24, 2.45) is 0 Å². The standard InChI is InChI=1S/C15H14BrNO2S/c16-13-7-10(9-20-13)8-17-6-5-11-3-1-2-4-12(11)14(17)15(18)19/h1-4,7,9,14H,5-6,8H2,(H,18,19). The number of fused-ring (bicyclic) bond motifs is 1. The summed E-state index contributed by atoms with van der Waals surface area (Å²) in [6.45, 7) is 1.45. The molecule has 0 saturated heterocycles. The van der Waals surface area contributed by atoms with Crippen LogP contribution in [0.15, 0.2) is 39.5 Å². The summed E-state index contributed by atoms with van der Waals surface area (Å²) in [4.78, 5) is 13.7. The largest absolute Gasteiger partial charge is 0.480 e. The summed E-state index contributed by atoms with van der Waals surface area (Å²) in [5.74, 6) is -0.772. The molecular formula is C15H14BrNO2S. The summed E-state index contributed by atoms with van der Waals surface area (Å²) < 4.78 is 1.08. The highest BCUT2D eigenvalue weighted by molar-refractivity contribution is 9.11. The summed E-state index contributed by atoms with van der Waals surface area (Å²) >= 11 is 5.08. The van der Waals surface area contributed by atoms with E-state index in [2.05, 4.69) is 27.4 Å². The average molecular weight is 352 g/mol. The second kappa shape index (κ2) is 5.68. The molecule has 0 aliphatic carbocycles. The second-order valence-electron chi connectivity index (χ2n) is 4.92. The van der Waals surface area contributed by atoms with Crippen LogP contribution in [0.25, 0.3) is 0 Å². The van der Waals surface area contributed by atoms with Crippen molar-refractivity contribution in [2.45, 2.75) is 19.0 Å². The van der Waals surface area contributed by atoms with E-state index >= 15 is 0 Å². The van der Waals surface area contributed by atoms with Crippen LogP contribution in [0.3, 0.4) is 0 Å². The molecule has 1 aromatic carbocycles. The number of hydrogen-bond donors (Lipinski definition) is 1. The maximum absolute atomic E-state index is 11.7. The highest BCUT2D eigenvalue weighted by Crippen LogP contribution is 2.32. The zero-order valence-electron chi connectivity index (χ0n) is 10.8. The average Bonchev–Trinajstić information content (AvgIpc) is 2.83. The van der Waals surface area contributed by atoms with Gasteiger partial charge in [-0.1, -0.05) is 24.3 Å². The number of carboxylic acid groups (broad SMARTS) is 1. The van der Waals surface area contributed by atoms with Crippen molar-refractivity contribution in [2.75, 3.05) is 6.54 Å². The lowest BCUT2D eigenvalue weighted by molar-refractivity contribution is -0.144. The Morgan fingerprint density at radius 2 is 2.25 bits per heavy atom. The van der Waals surface area contributed by atoms with Gasteiger partial charge in [-0.05, 0) is 50.5 Å². The third-order valence-corrected chi connectivity index (χ3v) is 5.18. The zero-order valence-corrected chi connectivity index (χ0v) is 13.2. The van der Waals surface area contributed by atoms with E-state index in [-0.39, 0.29) is 0 Å².